The maximum absolute atomic E-state index is 2.44. The van der Waals surface area contributed by atoms with Gasteiger partial charge < -0.3 is 4.90 Å². The fourth-order valence-electron chi connectivity index (χ4n) is 2.65. The van der Waals surface area contributed by atoms with E-state index in [9.17, 15) is 0 Å². The Bertz CT molecular complexity index is 342. The molecule has 0 amide bonds. The molecule has 0 N–H and O–H groups in total. The highest BCUT2D eigenvalue weighted by molar-refractivity contribution is 5.25. The smallest absolute Gasteiger partial charge is 0.0246 e. The summed E-state index contributed by atoms with van der Waals surface area (Å²) in [5.41, 5.74) is 1.51. The van der Waals surface area contributed by atoms with Crippen molar-refractivity contribution < 1.29 is 0 Å². The van der Waals surface area contributed by atoms with E-state index in [0.29, 0.717) is 0 Å². The minimum atomic E-state index is 0.731. The van der Waals surface area contributed by atoms with Crippen LogP contribution in [0.3, 0.4) is 0 Å². The number of piperidine rings is 1. The van der Waals surface area contributed by atoms with Crippen LogP contribution in [0.4, 0.5) is 0 Å². The maximum Gasteiger partial charge on any atom is 0.0246 e. The molecule has 3 aliphatic rings. The van der Waals surface area contributed by atoms with E-state index in [1.165, 1.54) is 25.1 Å². The monoisotopic (exact) mass is 185 g/mol. The molecule has 2 bridgehead atoms. The van der Waals surface area contributed by atoms with E-state index in [1.54, 1.807) is 0 Å². The van der Waals surface area contributed by atoms with Gasteiger partial charge in [-0.05, 0) is 24.1 Å². The minimum absolute atomic E-state index is 0.731. The first-order valence-corrected chi connectivity index (χ1v) is 5.41. The number of rotatable bonds is 1. The number of hydrogen-bond donors (Lipinski definition) is 0. The molecule has 14 heavy (non-hydrogen) atoms. The Balaban J connectivity index is 1.91. The Morgan fingerprint density at radius 3 is 2.57 bits per heavy atom. The average Bonchev–Trinajstić information content (AvgIpc) is 2.32. The third-order valence-corrected chi connectivity index (χ3v) is 3.47. The van der Waals surface area contributed by atoms with Crippen LogP contribution < -0.4 is 0 Å². The standard InChI is InChI=1S/C13H15N/c1-2-4-11(5-3-1)13-10-14-8-6-12(13)7-9-14/h1-6,8,12-13H,7,9-10H2/t12-,13+/m0/s1. The van der Waals surface area contributed by atoms with Crippen LogP contribution in [0.25, 0.3) is 0 Å². The Hall–Kier alpha value is -1.24. The summed E-state index contributed by atoms with van der Waals surface area (Å²) in [5, 5.41) is 0. The molecule has 72 valence electrons. The van der Waals surface area contributed by atoms with E-state index in [-0.39, 0.29) is 0 Å². The summed E-state index contributed by atoms with van der Waals surface area (Å²) in [6, 6.07) is 10.9. The second-order valence-electron chi connectivity index (χ2n) is 4.31. The maximum atomic E-state index is 2.44. The summed E-state index contributed by atoms with van der Waals surface area (Å²) in [7, 11) is 0. The lowest BCUT2D eigenvalue weighted by Gasteiger charge is -2.41. The van der Waals surface area contributed by atoms with Gasteiger partial charge in [0.2, 0.25) is 0 Å². The highest BCUT2D eigenvalue weighted by Gasteiger charge is 2.30. The lowest BCUT2D eigenvalue weighted by atomic mass is 9.79. The summed E-state index contributed by atoms with van der Waals surface area (Å²) in [4.78, 5) is 2.44. The summed E-state index contributed by atoms with van der Waals surface area (Å²) in [6.45, 7) is 2.47. The number of hydrogen-bond acceptors (Lipinski definition) is 1. The topological polar surface area (TPSA) is 3.24 Å². The Kier molecular flexibility index (Phi) is 1.83. The van der Waals surface area contributed by atoms with Crippen molar-refractivity contribution in [2.24, 2.45) is 5.92 Å². The third-order valence-electron chi connectivity index (χ3n) is 3.47. The molecule has 1 nitrogen and oxygen atoms in total. The van der Waals surface area contributed by atoms with Gasteiger partial charge in [0.05, 0.1) is 0 Å². The van der Waals surface area contributed by atoms with Crippen molar-refractivity contribution in [2.45, 2.75) is 12.3 Å². The van der Waals surface area contributed by atoms with Crippen molar-refractivity contribution in [1.82, 2.24) is 4.90 Å². The van der Waals surface area contributed by atoms with Gasteiger partial charge in [-0.2, -0.15) is 0 Å². The zero-order chi connectivity index (χ0) is 9.38. The molecule has 0 aliphatic carbocycles. The van der Waals surface area contributed by atoms with Gasteiger partial charge in [0.15, 0.2) is 0 Å². The van der Waals surface area contributed by atoms with Crippen molar-refractivity contribution in [1.29, 1.82) is 0 Å². The SMILES string of the molecule is C1=CN2CC[C@H]1[C@@H](c1ccccc1)C2. The van der Waals surface area contributed by atoms with Gasteiger partial charge in [-0.25, -0.2) is 0 Å². The van der Waals surface area contributed by atoms with Crippen LogP contribution in [-0.2, 0) is 0 Å². The van der Waals surface area contributed by atoms with E-state index >= 15 is 0 Å². The molecular formula is C13H15N. The van der Waals surface area contributed by atoms with Gasteiger partial charge in [-0.15, -0.1) is 0 Å². The third kappa shape index (κ3) is 1.24. The summed E-state index contributed by atoms with van der Waals surface area (Å²) in [5.74, 6) is 1.51. The van der Waals surface area contributed by atoms with E-state index in [0.717, 1.165) is 11.8 Å². The van der Waals surface area contributed by atoms with E-state index in [1.807, 2.05) is 0 Å². The Morgan fingerprint density at radius 2 is 2.00 bits per heavy atom. The van der Waals surface area contributed by atoms with Crippen LogP contribution in [-0.4, -0.2) is 18.0 Å². The molecular weight excluding hydrogens is 170 g/mol. The quantitative estimate of drug-likeness (QED) is 0.650. The van der Waals surface area contributed by atoms with Crippen LogP contribution in [0.2, 0.25) is 0 Å². The molecule has 0 radical (unpaired) electrons. The van der Waals surface area contributed by atoms with Crippen molar-refractivity contribution in [3.63, 3.8) is 0 Å². The summed E-state index contributed by atoms with van der Waals surface area (Å²) >= 11 is 0. The largest absolute Gasteiger partial charge is 0.377 e. The van der Waals surface area contributed by atoms with Crippen LogP contribution in [0.1, 0.15) is 17.9 Å². The molecule has 1 heteroatoms. The van der Waals surface area contributed by atoms with Gasteiger partial charge in [-0.3, -0.25) is 0 Å². The second kappa shape index (κ2) is 3.16. The van der Waals surface area contributed by atoms with E-state index in [2.05, 4.69) is 47.5 Å². The first-order valence-electron chi connectivity index (χ1n) is 5.41. The minimum Gasteiger partial charge on any atom is -0.377 e. The van der Waals surface area contributed by atoms with Crippen molar-refractivity contribution in [2.75, 3.05) is 13.1 Å². The lowest BCUT2D eigenvalue weighted by Crippen LogP contribution is -2.39. The molecule has 3 heterocycles. The lowest BCUT2D eigenvalue weighted by molar-refractivity contribution is 0.211. The summed E-state index contributed by atoms with van der Waals surface area (Å²) < 4.78 is 0. The predicted molar refractivity (Wildman–Crippen MR) is 58.0 cm³/mol. The molecule has 2 atom stereocenters. The van der Waals surface area contributed by atoms with Crippen LogP contribution in [0.5, 0.6) is 0 Å². The molecule has 0 unspecified atom stereocenters. The highest BCUT2D eigenvalue weighted by Crippen LogP contribution is 2.36. The van der Waals surface area contributed by atoms with Gasteiger partial charge in [0.1, 0.15) is 0 Å². The predicted octanol–water partition coefficient (Wildman–Crippen LogP) is 2.62. The number of benzene rings is 1. The Morgan fingerprint density at radius 1 is 1.14 bits per heavy atom. The molecule has 1 aromatic carbocycles. The molecule has 0 spiro atoms. The van der Waals surface area contributed by atoms with E-state index in [4.69, 9.17) is 0 Å². The van der Waals surface area contributed by atoms with Gasteiger partial charge >= 0.3 is 0 Å². The van der Waals surface area contributed by atoms with Gasteiger partial charge in [0.25, 0.3) is 0 Å². The van der Waals surface area contributed by atoms with Gasteiger partial charge in [-0.1, -0.05) is 36.4 Å². The van der Waals surface area contributed by atoms with Crippen molar-refractivity contribution in [3.05, 3.63) is 48.2 Å². The fraction of sp³-hybridized carbons (Fsp3) is 0.385. The number of allylic oxidation sites excluding steroid dienone is 1. The van der Waals surface area contributed by atoms with Gasteiger partial charge in [0, 0.05) is 19.0 Å². The first kappa shape index (κ1) is 8.10. The summed E-state index contributed by atoms with van der Waals surface area (Å²) in [6.07, 6.45) is 5.98. The van der Waals surface area contributed by atoms with E-state index < -0.39 is 0 Å². The molecule has 1 fully saturated rings. The van der Waals surface area contributed by atoms with Crippen molar-refractivity contribution in [3.8, 4) is 0 Å². The molecule has 0 aromatic heterocycles. The average molecular weight is 185 g/mol. The number of fused-ring (bicyclic) bond motifs is 2. The Labute approximate surface area is 85.0 Å². The normalized spacial score (nSPS) is 29.6. The molecule has 1 aromatic rings. The first-order chi connectivity index (χ1) is 6.93. The van der Waals surface area contributed by atoms with Crippen LogP contribution in [0.15, 0.2) is 42.6 Å². The molecule has 4 rings (SSSR count). The van der Waals surface area contributed by atoms with Crippen LogP contribution in [0, 0.1) is 5.92 Å². The zero-order valence-electron chi connectivity index (χ0n) is 8.26. The number of nitrogens with zero attached hydrogens (tertiary/aromatic N) is 1. The highest BCUT2D eigenvalue weighted by atomic mass is 15.1. The van der Waals surface area contributed by atoms with Crippen LogP contribution >= 0.6 is 0 Å². The van der Waals surface area contributed by atoms with Crippen molar-refractivity contribution >= 4 is 0 Å². The fourth-order valence-corrected chi connectivity index (χ4v) is 2.65. The molecule has 1 saturated heterocycles. The zero-order valence-corrected chi connectivity index (χ0v) is 8.26. The molecule has 0 saturated carbocycles. The second-order valence-corrected chi connectivity index (χ2v) is 4.31. The molecule has 3 aliphatic heterocycles.